The Labute approximate surface area is 202 Å². The van der Waals surface area contributed by atoms with Crippen LogP contribution in [0.3, 0.4) is 0 Å². The van der Waals surface area contributed by atoms with Gasteiger partial charge in [-0.1, -0.05) is 31.2 Å². The second kappa shape index (κ2) is 10.9. The Morgan fingerprint density at radius 2 is 1.89 bits per heavy atom. The van der Waals surface area contributed by atoms with Crippen molar-refractivity contribution in [2.75, 3.05) is 26.3 Å². The number of aliphatic hydroxyl groups excluding tert-OH is 1. The van der Waals surface area contributed by atoms with Gasteiger partial charge in [-0.3, -0.25) is 24.6 Å². The van der Waals surface area contributed by atoms with Gasteiger partial charge in [0.1, 0.15) is 18.2 Å². The van der Waals surface area contributed by atoms with Crippen molar-refractivity contribution in [1.29, 1.82) is 0 Å². The number of carbonyl (C=O) groups excluding carboxylic acids is 3. The number of nitrogens with one attached hydrogen (secondary N) is 1. The van der Waals surface area contributed by atoms with Crippen molar-refractivity contribution >= 4 is 17.7 Å². The van der Waals surface area contributed by atoms with Crippen LogP contribution in [0.15, 0.2) is 36.4 Å². The fraction of sp³-hybridized carbons (Fsp3) is 0.400. The first-order valence-corrected chi connectivity index (χ1v) is 11.5. The van der Waals surface area contributed by atoms with Crippen molar-refractivity contribution in [2.24, 2.45) is 0 Å². The van der Waals surface area contributed by atoms with Gasteiger partial charge in [-0.2, -0.15) is 0 Å². The molecular weight excluding hydrogens is 457 g/mol. The molecule has 2 aromatic rings. The lowest BCUT2D eigenvalue weighted by Crippen LogP contribution is -2.48. The van der Waals surface area contributed by atoms with E-state index in [1.807, 2.05) is 0 Å². The monoisotopic (exact) mass is 485 g/mol. The number of aliphatic hydroxyl groups is 1. The highest BCUT2D eigenvalue weighted by Crippen LogP contribution is 2.32. The van der Waals surface area contributed by atoms with Gasteiger partial charge in [0.15, 0.2) is 0 Å². The maximum absolute atomic E-state index is 15.2. The zero-order valence-electron chi connectivity index (χ0n) is 19.5. The Balaban J connectivity index is 1.45. The van der Waals surface area contributed by atoms with Gasteiger partial charge >= 0.3 is 0 Å². The molecule has 0 aliphatic carbocycles. The van der Waals surface area contributed by atoms with Crippen molar-refractivity contribution in [3.05, 3.63) is 64.5 Å². The smallest absolute Gasteiger partial charge is 0.276 e. The van der Waals surface area contributed by atoms with E-state index in [0.29, 0.717) is 42.2 Å². The molecular formula is C25H28FN3O6. The van der Waals surface area contributed by atoms with Gasteiger partial charge in [-0.05, 0) is 12.1 Å². The van der Waals surface area contributed by atoms with Crippen LogP contribution in [-0.2, 0) is 34.0 Å². The molecule has 0 radical (unpaired) electrons. The van der Waals surface area contributed by atoms with Crippen LogP contribution in [0.2, 0.25) is 0 Å². The van der Waals surface area contributed by atoms with Crippen LogP contribution < -0.4 is 10.1 Å². The highest BCUT2D eigenvalue weighted by molar-refractivity contribution is 6.03. The zero-order valence-corrected chi connectivity index (χ0v) is 19.5. The predicted octanol–water partition coefficient (Wildman–Crippen LogP) is 1.56. The number of fused-ring (bicyclic) bond motifs is 1. The summed E-state index contributed by atoms with van der Waals surface area (Å²) in [5.74, 6) is -2.07. The van der Waals surface area contributed by atoms with E-state index in [0.717, 1.165) is 18.0 Å². The molecule has 35 heavy (non-hydrogen) atoms. The van der Waals surface area contributed by atoms with E-state index in [4.69, 9.17) is 9.47 Å². The van der Waals surface area contributed by atoms with Crippen molar-refractivity contribution in [3.63, 3.8) is 0 Å². The summed E-state index contributed by atoms with van der Waals surface area (Å²) in [6.45, 7) is 4.66. The number of amides is 3. The van der Waals surface area contributed by atoms with Crippen LogP contribution in [0.1, 0.15) is 40.4 Å². The first-order valence-electron chi connectivity index (χ1n) is 11.5. The van der Waals surface area contributed by atoms with Gasteiger partial charge in [-0.15, -0.1) is 0 Å². The average Bonchev–Trinajstić information content (AvgIpc) is 3.21. The normalized spacial score (nSPS) is 16.7. The summed E-state index contributed by atoms with van der Waals surface area (Å²) in [6.07, 6.45) is -1.76. The minimum atomic E-state index is -1.83. The minimum Gasteiger partial charge on any atom is -0.488 e. The third kappa shape index (κ3) is 5.50. The number of morpholine rings is 1. The Morgan fingerprint density at radius 1 is 1.17 bits per heavy atom. The van der Waals surface area contributed by atoms with Crippen molar-refractivity contribution in [3.8, 4) is 5.75 Å². The number of rotatable bonds is 8. The molecule has 1 saturated heterocycles. The second-order valence-corrected chi connectivity index (χ2v) is 8.42. The van der Waals surface area contributed by atoms with Gasteiger partial charge in [0, 0.05) is 48.3 Å². The first kappa shape index (κ1) is 24.8. The van der Waals surface area contributed by atoms with E-state index in [9.17, 15) is 19.5 Å². The molecule has 2 aliphatic rings. The zero-order chi connectivity index (χ0) is 24.9. The number of imide groups is 1. The van der Waals surface area contributed by atoms with E-state index >= 15 is 4.39 Å². The Kier molecular flexibility index (Phi) is 7.74. The summed E-state index contributed by atoms with van der Waals surface area (Å²) in [4.78, 5) is 39.5. The van der Waals surface area contributed by atoms with Crippen LogP contribution in [-0.4, -0.2) is 65.2 Å². The fourth-order valence-corrected chi connectivity index (χ4v) is 4.11. The Morgan fingerprint density at radius 3 is 2.63 bits per heavy atom. The number of halogens is 1. The van der Waals surface area contributed by atoms with Gasteiger partial charge in [-0.25, -0.2) is 4.39 Å². The number of hydrogen-bond acceptors (Lipinski definition) is 7. The molecule has 10 heteroatoms. The van der Waals surface area contributed by atoms with Gasteiger partial charge in [0.25, 0.3) is 11.8 Å². The van der Waals surface area contributed by atoms with E-state index < -0.39 is 23.9 Å². The molecule has 1 atom stereocenters. The minimum absolute atomic E-state index is 0.0541. The van der Waals surface area contributed by atoms with Crippen LogP contribution >= 0.6 is 0 Å². The molecule has 2 aromatic carbocycles. The van der Waals surface area contributed by atoms with Gasteiger partial charge in [0.05, 0.1) is 19.8 Å². The fourth-order valence-electron chi connectivity index (χ4n) is 4.11. The van der Waals surface area contributed by atoms with Crippen LogP contribution in [0.25, 0.3) is 0 Å². The number of nitrogens with zero attached hydrogens (tertiary/aromatic N) is 2. The third-order valence-electron chi connectivity index (χ3n) is 6.11. The topological polar surface area (TPSA) is 108 Å². The van der Waals surface area contributed by atoms with Crippen LogP contribution in [0, 0.1) is 5.82 Å². The lowest BCUT2D eigenvalue weighted by atomic mass is 10.1. The van der Waals surface area contributed by atoms with E-state index in [1.54, 1.807) is 43.3 Å². The second-order valence-electron chi connectivity index (χ2n) is 8.42. The van der Waals surface area contributed by atoms with Crippen molar-refractivity contribution < 1.29 is 33.4 Å². The molecule has 2 N–H and O–H groups in total. The van der Waals surface area contributed by atoms with Crippen molar-refractivity contribution in [1.82, 2.24) is 15.1 Å². The number of benzene rings is 2. The van der Waals surface area contributed by atoms with E-state index in [-0.39, 0.29) is 31.0 Å². The van der Waals surface area contributed by atoms with E-state index in [2.05, 4.69) is 10.2 Å². The molecule has 0 aromatic heterocycles. The summed E-state index contributed by atoms with van der Waals surface area (Å²) in [5.41, 5.74) is 1.71. The summed E-state index contributed by atoms with van der Waals surface area (Å²) in [7, 11) is 0. The Bertz CT molecular complexity index is 1120. The summed E-state index contributed by atoms with van der Waals surface area (Å²) in [6, 6.07) is 10.0. The summed E-state index contributed by atoms with van der Waals surface area (Å²) < 4.78 is 26.4. The molecule has 2 heterocycles. The quantitative estimate of drug-likeness (QED) is 0.584. The summed E-state index contributed by atoms with van der Waals surface area (Å²) >= 11 is 0. The molecule has 1 unspecified atom stereocenters. The van der Waals surface area contributed by atoms with Crippen LogP contribution in [0.4, 0.5) is 4.39 Å². The average molecular weight is 486 g/mol. The van der Waals surface area contributed by atoms with Gasteiger partial charge in [0.2, 0.25) is 12.1 Å². The SMILES string of the molecule is CCC(=O)NC(=O)C(O)N1Cc2c(OCc3cccc(CN4CCOCC4)c3F)cccc2C1=O. The molecule has 186 valence electrons. The summed E-state index contributed by atoms with van der Waals surface area (Å²) in [5, 5.41) is 12.4. The molecule has 0 spiro atoms. The van der Waals surface area contributed by atoms with Crippen molar-refractivity contribution in [2.45, 2.75) is 39.3 Å². The molecule has 3 amide bonds. The maximum Gasteiger partial charge on any atom is 0.276 e. The highest BCUT2D eigenvalue weighted by Gasteiger charge is 2.37. The molecule has 1 fully saturated rings. The standard InChI is InChI=1S/C25H28FN3O6/c1-2-21(30)27-23(31)25(33)29-14-19-18(24(29)32)7-4-8-20(19)35-15-17-6-3-5-16(22(17)26)13-28-9-11-34-12-10-28/h3-8,25,33H,2,9-15H2,1H3,(H,27,30,31). The maximum atomic E-state index is 15.2. The van der Waals surface area contributed by atoms with E-state index in [1.165, 1.54) is 0 Å². The largest absolute Gasteiger partial charge is 0.488 e. The Hall–Kier alpha value is -3.34. The first-order chi connectivity index (χ1) is 16.9. The van der Waals surface area contributed by atoms with Gasteiger partial charge < -0.3 is 19.5 Å². The lowest BCUT2D eigenvalue weighted by molar-refractivity contribution is -0.141. The molecule has 2 aliphatic heterocycles. The highest BCUT2D eigenvalue weighted by atomic mass is 19.1. The molecule has 0 bridgehead atoms. The molecule has 0 saturated carbocycles. The molecule has 4 rings (SSSR count). The lowest BCUT2D eigenvalue weighted by Gasteiger charge is -2.27. The number of carbonyl (C=O) groups is 3. The predicted molar refractivity (Wildman–Crippen MR) is 123 cm³/mol. The third-order valence-corrected chi connectivity index (χ3v) is 6.11. The van der Waals surface area contributed by atoms with Crippen LogP contribution in [0.5, 0.6) is 5.75 Å². The molecule has 9 nitrogen and oxygen atoms in total. The number of hydrogen-bond donors (Lipinski definition) is 2. The number of ether oxygens (including phenoxy) is 2.